The van der Waals surface area contributed by atoms with Gasteiger partial charge < -0.3 is 24.3 Å². The Balaban J connectivity index is 1.49. The van der Waals surface area contributed by atoms with Crippen LogP contribution in [0, 0.1) is 11.8 Å². The van der Waals surface area contributed by atoms with Gasteiger partial charge in [0.05, 0.1) is 7.11 Å². The molecule has 1 saturated heterocycles. The fourth-order valence-corrected chi connectivity index (χ4v) is 5.86. The summed E-state index contributed by atoms with van der Waals surface area (Å²) >= 11 is 0. The topological polar surface area (TPSA) is 113 Å². The molecule has 1 amide bonds. The zero-order chi connectivity index (χ0) is 31.3. The Bertz CT molecular complexity index is 1370. The van der Waals surface area contributed by atoms with Crippen molar-refractivity contribution >= 4 is 17.8 Å². The third-order valence-corrected chi connectivity index (χ3v) is 8.13. The number of methoxy groups -OCH3 is 1. The predicted octanol–water partition coefficient (Wildman–Crippen LogP) is 5.70. The van der Waals surface area contributed by atoms with Crippen molar-refractivity contribution in [3.8, 4) is 11.5 Å². The number of benzene rings is 2. The number of amides is 1. The average Bonchev–Trinajstić information content (AvgIpc) is 3.07. The number of aromatic nitrogens is 1. The Morgan fingerprint density at radius 2 is 1.70 bits per heavy atom. The SMILES string of the molecule is COc1ccnc(C(=O)NC2CCCC(CCCc3ccccc3)C(Cc3ccccc3)C(C)OC2=O)c1OCOC(C)=O. The second kappa shape index (κ2) is 16.4. The van der Waals surface area contributed by atoms with Gasteiger partial charge in [0.25, 0.3) is 5.91 Å². The molecular formula is C35H42N2O7. The number of carbonyl (C=O) groups excluding carboxylic acids is 3. The molecule has 9 nitrogen and oxygen atoms in total. The molecule has 44 heavy (non-hydrogen) atoms. The van der Waals surface area contributed by atoms with Gasteiger partial charge >= 0.3 is 11.9 Å². The number of hydrogen-bond donors (Lipinski definition) is 1. The number of pyridine rings is 1. The van der Waals surface area contributed by atoms with Crippen molar-refractivity contribution in [3.63, 3.8) is 0 Å². The van der Waals surface area contributed by atoms with E-state index in [0.29, 0.717) is 12.3 Å². The molecule has 0 aliphatic carbocycles. The van der Waals surface area contributed by atoms with Gasteiger partial charge in [-0.3, -0.25) is 9.59 Å². The number of ether oxygens (including phenoxy) is 4. The maximum Gasteiger partial charge on any atom is 0.328 e. The van der Waals surface area contributed by atoms with Gasteiger partial charge in [-0.05, 0) is 62.5 Å². The van der Waals surface area contributed by atoms with E-state index >= 15 is 0 Å². The molecule has 1 N–H and O–H groups in total. The molecule has 2 heterocycles. The minimum absolute atomic E-state index is 0.0138. The van der Waals surface area contributed by atoms with Crippen LogP contribution in [0.4, 0.5) is 0 Å². The molecule has 4 rings (SSSR count). The number of hydrogen-bond acceptors (Lipinski definition) is 8. The summed E-state index contributed by atoms with van der Waals surface area (Å²) in [5.74, 6) is -0.893. The zero-order valence-corrected chi connectivity index (χ0v) is 25.7. The van der Waals surface area contributed by atoms with Crippen LogP contribution in [-0.2, 0) is 31.9 Å². The predicted molar refractivity (Wildman–Crippen MR) is 165 cm³/mol. The Morgan fingerprint density at radius 3 is 2.39 bits per heavy atom. The standard InChI is InChI=1S/C35H42N2O7/c1-24-29(22-27-14-8-5-9-15-27)28(17-10-16-26-12-6-4-7-13-26)18-11-19-30(35(40)44-24)37-34(39)32-33(43-23-42-25(2)38)31(41-3)20-21-36-32/h4-9,12-15,20-21,24,28-30H,10-11,16-19,22-23H2,1-3H3,(H,37,39). The van der Waals surface area contributed by atoms with E-state index in [1.165, 1.54) is 37.4 Å². The Kier molecular flexibility index (Phi) is 12.2. The first-order chi connectivity index (χ1) is 21.4. The summed E-state index contributed by atoms with van der Waals surface area (Å²) in [4.78, 5) is 42.3. The van der Waals surface area contributed by atoms with Crippen molar-refractivity contribution in [1.29, 1.82) is 0 Å². The molecule has 1 aliphatic rings. The quantitative estimate of drug-likeness (QED) is 0.208. The smallest absolute Gasteiger partial charge is 0.328 e. The van der Waals surface area contributed by atoms with Crippen LogP contribution in [0.5, 0.6) is 11.5 Å². The first kappa shape index (κ1) is 32.5. The van der Waals surface area contributed by atoms with Crippen molar-refractivity contribution in [2.24, 2.45) is 11.8 Å². The molecule has 4 unspecified atom stereocenters. The van der Waals surface area contributed by atoms with Gasteiger partial charge in [0.15, 0.2) is 17.2 Å². The monoisotopic (exact) mass is 602 g/mol. The molecule has 234 valence electrons. The van der Waals surface area contributed by atoms with Crippen molar-refractivity contribution < 1.29 is 33.3 Å². The maximum atomic E-state index is 13.5. The van der Waals surface area contributed by atoms with Crippen molar-refractivity contribution in [3.05, 3.63) is 89.7 Å². The molecule has 0 bridgehead atoms. The number of nitrogens with one attached hydrogen (secondary N) is 1. The van der Waals surface area contributed by atoms with Crippen molar-refractivity contribution in [2.75, 3.05) is 13.9 Å². The van der Waals surface area contributed by atoms with Crippen LogP contribution in [0.2, 0.25) is 0 Å². The Morgan fingerprint density at radius 1 is 1.00 bits per heavy atom. The van der Waals surface area contributed by atoms with Gasteiger partial charge in [-0.1, -0.05) is 67.1 Å². The highest BCUT2D eigenvalue weighted by atomic mass is 16.7. The first-order valence-electron chi connectivity index (χ1n) is 15.2. The summed E-state index contributed by atoms with van der Waals surface area (Å²) in [6.45, 7) is 2.79. The van der Waals surface area contributed by atoms with Crippen LogP contribution in [0.15, 0.2) is 72.9 Å². The second-order valence-electron chi connectivity index (χ2n) is 11.2. The Hall–Kier alpha value is -4.40. The molecule has 2 aromatic carbocycles. The summed E-state index contributed by atoms with van der Waals surface area (Å²) in [6, 6.07) is 21.5. The summed E-state index contributed by atoms with van der Waals surface area (Å²) in [5, 5.41) is 2.82. The van der Waals surface area contributed by atoms with E-state index in [1.54, 1.807) is 0 Å². The molecule has 0 radical (unpaired) electrons. The number of rotatable bonds is 12. The molecule has 1 aliphatic heterocycles. The van der Waals surface area contributed by atoms with Crippen LogP contribution < -0.4 is 14.8 Å². The van der Waals surface area contributed by atoms with Crippen LogP contribution in [-0.4, -0.2) is 48.9 Å². The molecule has 4 atom stereocenters. The van der Waals surface area contributed by atoms with Crippen molar-refractivity contribution in [1.82, 2.24) is 10.3 Å². The highest BCUT2D eigenvalue weighted by Crippen LogP contribution is 2.34. The number of aryl methyl sites for hydroxylation is 1. The fourth-order valence-electron chi connectivity index (χ4n) is 5.86. The van der Waals surface area contributed by atoms with Gasteiger partial charge in [0.1, 0.15) is 12.1 Å². The maximum absolute atomic E-state index is 13.5. The lowest BCUT2D eigenvalue weighted by atomic mass is 9.77. The minimum atomic E-state index is -0.861. The van der Waals surface area contributed by atoms with E-state index in [0.717, 1.165) is 38.5 Å². The van der Waals surface area contributed by atoms with E-state index in [1.807, 2.05) is 31.2 Å². The van der Waals surface area contributed by atoms with Crippen LogP contribution in [0.3, 0.4) is 0 Å². The average molecular weight is 603 g/mol. The molecule has 9 heteroatoms. The number of carbonyl (C=O) groups is 3. The van der Waals surface area contributed by atoms with E-state index < -0.39 is 30.7 Å². The fraction of sp³-hybridized carbons (Fsp3) is 0.429. The van der Waals surface area contributed by atoms with Crippen molar-refractivity contribution in [2.45, 2.75) is 70.9 Å². The van der Waals surface area contributed by atoms with Gasteiger partial charge in [-0.15, -0.1) is 0 Å². The summed E-state index contributed by atoms with van der Waals surface area (Å²) < 4.78 is 21.8. The summed E-state index contributed by atoms with van der Waals surface area (Å²) in [5.41, 5.74) is 2.45. The number of nitrogens with zero attached hydrogens (tertiary/aromatic N) is 1. The van der Waals surface area contributed by atoms with Gasteiger partial charge in [-0.2, -0.15) is 0 Å². The van der Waals surface area contributed by atoms with E-state index in [2.05, 4.69) is 46.7 Å². The Labute approximate surface area is 259 Å². The lowest BCUT2D eigenvalue weighted by Crippen LogP contribution is -2.43. The van der Waals surface area contributed by atoms with Crippen LogP contribution in [0.1, 0.15) is 67.6 Å². The summed E-state index contributed by atoms with van der Waals surface area (Å²) in [7, 11) is 1.43. The van der Waals surface area contributed by atoms with E-state index in [9.17, 15) is 14.4 Å². The van der Waals surface area contributed by atoms with Crippen LogP contribution >= 0.6 is 0 Å². The molecule has 1 fully saturated rings. The van der Waals surface area contributed by atoms with Gasteiger partial charge in [-0.25, -0.2) is 9.78 Å². The second-order valence-corrected chi connectivity index (χ2v) is 11.2. The highest BCUT2D eigenvalue weighted by molar-refractivity contribution is 5.98. The van der Waals surface area contributed by atoms with Crippen LogP contribution in [0.25, 0.3) is 0 Å². The van der Waals surface area contributed by atoms with Gasteiger partial charge in [0, 0.05) is 25.1 Å². The van der Waals surface area contributed by atoms with E-state index in [-0.39, 0.29) is 29.2 Å². The molecular weight excluding hydrogens is 560 g/mol. The molecule has 0 spiro atoms. The highest BCUT2D eigenvalue weighted by Gasteiger charge is 2.35. The zero-order valence-electron chi connectivity index (χ0n) is 25.7. The minimum Gasteiger partial charge on any atom is -0.493 e. The normalized spacial score (nSPS) is 20.3. The third kappa shape index (κ3) is 9.30. The molecule has 0 saturated carbocycles. The van der Waals surface area contributed by atoms with E-state index in [4.69, 9.17) is 18.9 Å². The number of esters is 2. The largest absolute Gasteiger partial charge is 0.493 e. The summed E-state index contributed by atoms with van der Waals surface area (Å²) in [6.07, 6.45) is 7.00. The third-order valence-electron chi connectivity index (χ3n) is 8.13. The lowest BCUT2D eigenvalue weighted by Gasteiger charge is -2.31. The molecule has 3 aromatic rings. The first-order valence-corrected chi connectivity index (χ1v) is 15.2. The van der Waals surface area contributed by atoms with Gasteiger partial charge in [0.2, 0.25) is 6.79 Å². The lowest BCUT2D eigenvalue weighted by molar-refractivity contribution is -0.154. The molecule has 1 aromatic heterocycles. The number of cyclic esters (lactones) is 1.